The van der Waals surface area contributed by atoms with Gasteiger partial charge in [-0.25, -0.2) is 0 Å². The number of halogens is 1. The van der Waals surface area contributed by atoms with Crippen LogP contribution in [0, 0.1) is 6.92 Å². The van der Waals surface area contributed by atoms with Crippen molar-refractivity contribution in [3.8, 4) is 0 Å². The fourth-order valence-electron chi connectivity index (χ4n) is 1.41. The van der Waals surface area contributed by atoms with E-state index in [2.05, 4.69) is 5.10 Å². The quantitative estimate of drug-likeness (QED) is 0.787. The maximum atomic E-state index is 11.5. The largest absolute Gasteiger partial charge is 0.385 e. The van der Waals surface area contributed by atoms with Gasteiger partial charge in [0.05, 0.1) is 12.1 Å². The van der Waals surface area contributed by atoms with Gasteiger partial charge in [0, 0.05) is 5.02 Å². The van der Waals surface area contributed by atoms with Crippen molar-refractivity contribution in [2.24, 2.45) is 10.8 Å². The fourth-order valence-corrected chi connectivity index (χ4v) is 1.53. The predicted molar refractivity (Wildman–Crippen MR) is 59.9 cm³/mol. The number of nitrogens with zero attached hydrogens (tertiary/aromatic N) is 2. The first kappa shape index (κ1) is 9.98. The van der Waals surface area contributed by atoms with Crippen molar-refractivity contribution in [1.82, 2.24) is 0 Å². The molecule has 0 fully saturated rings. The Morgan fingerprint density at radius 2 is 2.27 bits per heavy atom. The van der Waals surface area contributed by atoms with Crippen molar-refractivity contribution in [1.29, 1.82) is 0 Å². The minimum Gasteiger partial charge on any atom is -0.385 e. The average molecular weight is 224 g/mol. The lowest BCUT2D eigenvalue weighted by molar-refractivity contribution is -0.116. The molecule has 1 heterocycles. The van der Waals surface area contributed by atoms with E-state index in [1.165, 1.54) is 5.01 Å². The van der Waals surface area contributed by atoms with Gasteiger partial charge >= 0.3 is 0 Å². The minimum atomic E-state index is -0.116. The van der Waals surface area contributed by atoms with Crippen LogP contribution in [0.5, 0.6) is 0 Å². The first-order valence-corrected chi connectivity index (χ1v) is 4.88. The zero-order chi connectivity index (χ0) is 11.0. The highest BCUT2D eigenvalue weighted by Gasteiger charge is 2.23. The number of aryl methyl sites for hydroxylation is 1. The second-order valence-corrected chi connectivity index (χ2v) is 3.81. The molecule has 15 heavy (non-hydrogen) atoms. The van der Waals surface area contributed by atoms with E-state index in [1.54, 1.807) is 12.1 Å². The van der Waals surface area contributed by atoms with Crippen molar-refractivity contribution in [2.75, 3.05) is 5.01 Å². The van der Waals surface area contributed by atoms with Gasteiger partial charge in [-0.2, -0.15) is 10.1 Å². The van der Waals surface area contributed by atoms with Crippen molar-refractivity contribution < 1.29 is 4.79 Å². The second kappa shape index (κ2) is 3.55. The summed E-state index contributed by atoms with van der Waals surface area (Å²) in [6.45, 7) is 1.87. The molecular weight excluding hydrogens is 214 g/mol. The Morgan fingerprint density at radius 1 is 1.53 bits per heavy atom. The zero-order valence-electron chi connectivity index (χ0n) is 8.20. The summed E-state index contributed by atoms with van der Waals surface area (Å²) < 4.78 is 0. The summed E-state index contributed by atoms with van der Waals surface area (Å²) in [5, 5.41) is 5.92. The first-order chi connectivity index (χ1) is 7.08. The van der Waals surface area contributed by atoms with E-state index >= 15 is 0 Å². The summed E-state index contributed by atoms with van der Waals surface area (Å²) >= 11 is 5.89. The molecule has 0 unspecified atom stereocenters. The van der Waals surface area contributed by atoms with Gasteiger partial charge in [-0.1, -0.05) is 11.6 Å². The monoisotopic (exact) mass is 223 g/mol. The molecule has 0 atom stereocenters. The third-order valence-corrected chi connectivity index (χ3v) is 2.61. The Labute approximate surface area is 92.3 Å². The van der Waals surface area contributed by atoms with Crippen LogP contribution in [0.15, 0.2) is 23.3 Å². The Kier molecular flexibility index (Phi) is 2.36. The van der Waals surface area contributed by atoms with Crippen LogP contribution >= 0.6 is 11.6 Å². The molecule has 2 rings (SSSR count). The van der Waals surface area contributed by atoms with Crippen LogP contribution < -0.4 is 10.7 Å². The lowest BCUT2D eigenvalue weighted by Gasteiger charge is -2.12. The highest BCUT2D eigenvalue weighted by atomic mass is 35.5. The number of carbonyl (C=O) groups excluding carboxylic acids is 1. The molecule has 2 N–H and O–H groups in total. The summed E-state index contributed by atoms with van der Waals surface area (Å²) in [6, 6.07) is 5.29. The van der Waals surface area contributed by atoms with Crippen molar-refractivity contribution in [3.05, 3.63) is 28.8 Å². The molecule has 1 aliphatic rings. The van der Waals surface area contributed by atoms with Gasteiger partial charge in [0.15, 0.2) is 0 Å². The van der Waals surface area contributed by atoms with Gasteiger partial charge in [0.25, 0.3) is 5.91 Å². The normalized spacial score (nSPS) is 15.7. The second-order valence-electron chi connectivity index (χ2n) is 3.41. The summed E-state index contributed by atoms with van der Waals surface area (Å²) in [5.74, 6) is 0.224. The lowest BCUT2D eigenvalue weighted by Crippen LogP contribution is -2.19. The van der Waals surface area contributed by atoms with Gasteiger partial charge in [-0.3, -0.25) is 4.79 Å². The number of nitrogens with two attached hydrogens (primary N) is 1. The van der Waals surface area contributed by atoms with Crippen LogP contribution in [0.25, 0.3) is 0 Å². The van der Waals surface area contributed by atoms with E-state index in [-0.39, 0.29) is 12.3 Å². The Balaban J connectivity index is 2.38. The molecule has 0 aromatic heterocycles. The predicted octanol–water partition coefficient (Wildman–Crippen LogP) is 1.66. The number of carbonyl (C=O) groups is 1. The number of hydrogen-bond acceptors (Lipinski definition) is 3. The topological polar surface area (TPSA) is 58.7 Å². The molecule has 1 amide bonds. The number of hydrazone groups is 1. The molecule has 0 saturated carbocycles. The Bertz CT molecular complexity index is 456. The van der Waals surface area contributed by atoms with E-state index in [0.717, 1.165) is 5.56 Å². The van der Waals surface area contributed by atoms with Crippen LogP contribution in [-0.2, 0) is 4.79 Å². The average Bonchev–Trinajstić information content (AvgIpc) is 2.50. The summed E-state index contributed by atoms with van der Waals surface area (Å²) in [6.07, 6.45) is 0.182. The van der Waals surface area contributed by atoms with Gasteiger partial charge in [-0.15, -0.1) is 0 Å². The van der Waals surface area contributed by atoms with Gasteiger partial charge in [-0.05, 0) is 30.7 Å². The SMILES string of the molecule is Cc1cc(N2N=C(N)CC2=O)ccc1Cl. The zero-order valence-corrected chi connectivity index (χ0v) is 8.95. The number of benzene rings is 1. The van der Waals surface area contributed by atoms with Crippen LogP contribution in [-0.4, -0.2) is 11.7 Å². The van der Waals surface area contributed by atoms with Gasteiger partial charge < -0.3 is 5.73 Å². The molecule has 0 saturated heterocycles. The van der Waals surface area contributed by atoms with Crippen LogP contribution in [0.1, 0.15) is 12.0 Å². The molecular formula is C10H10ClN3O. The standard InChI is InChI=1S/C10H10ClN3O/c1-6-4-7(2-3-8(6)11)14-10(15)5-9(12)13-14/h2-4H,5H2,1H3,(H2,12,13). The van der Waals surface area contributed by atoms with Crippen molar-refractivity contribution in [2.45, 2.75) is 13.3 Å². The van der Waals surface area contributed by atoms with Crippen molar-refractivity contribution in [3.63, 3.8) is 0 Å². The molecule has 1 aromatic carbocycles. The number of rotatable bonds is 1. The molecule has 4 nitrogen and oxygen atoms in total. The van der Waals surface area contributed by atoms with E-state index < -0.39 is 0 Å². The maximum Gasteiger partial charge on any atom is 0.255 e. The van der Waals surface area contributed by atoms with E-state index in [0.29, 0.717) is 16.5 Å². The van der Waals surface area contributed by atoms with Crippen LogP contribution in [0.3, 0.4) is 0 Å². The highest BCUT2D eigenvalue weighted by Crippen LogP contribution is 2.24. The molecule has 0 bridgehead atoms. The van der Waals surface area contributed by atoms with Crippen molar-refractivity contribution >= 4 is 29.0 Å². The lowest BCUT2D eigenvalue weighted by atomic mass is 10.2. The molecule has 0 spiro atoms. The molecule has 78 valence electrons. The molecule has 0 aliphatic carbocycles. The van der Waals surface area contributed by atoms with Gasteiger partial charge in [0.2, 0.25) is 0 Å². The summed E-state index contributed by atoms with van der Waals surface area (Å²) in [5.41, 5.74) is 7.08. The Hall–Kier alpha value is -1.55. The van der Waals surface area contributed by atoms with E-state index in [1.807, 2.05) is 13.0 Å². The third kappa shape index (κ3) is 1.80. The Morgan fingerprint density at radius 3 is 2.80 bits per heavy atom. The van der Waals surface area contributed by atoms with E-state index in [4.69, 9.17) is 17.3 Å². The molecule has 1 aromatic rings. The smallest absolute Gasteiger partial charge is 0.255 e. The summed E-state index contributed by atoms with van der Waals surface area (Å²) in [4.78, 5) is 11.5. The maximum absolute atomic E-state index is 11.5. The third-order valence-electron chi connectivity index (χ3n) is 2.18. The molecule has 5 heteroatoms. The fraction of sp³-hybridized carbons (Fsp3) is 0.200. The number of amidine groups is 1. The molecule has 0 radical (unpaired) electrons. The number of hydrogen-bond donors (Lipinski definition) is 1. The first-order valence-electron chi connectivity index (χ1n) is 4.50. The number of anilines is 1. The van der Waals surface area contributed by atoms with E-state index in [9.17, 15) is 4.79 Å². The molecule has 1 aliphatic heterocycles. The van der Waals surface area contributed by atoms with Crippen LogP contribution in [0.4, 0.5) is 5.69 Å². The number of amides is 1. The van der Waals surface area contributed by atoms with Crippen LogP contribution in [0.2, 0.25) is 5.02 Å². The minimum absolute atomic E-state index is 0.116. The van der Waals surface area contributed by atoms with Gasteiger partial charge in [0.1, 0.15) is 5.84 Å². The highest BCUT2D eigenvalue weighted by molar-refractivity contribution is 6.31. The summed E-state index contributed by atoms with van der Waals surface area (Å²) in [7, 11) is 0.